The first-order valence-corrected chi connectivity index (χ1v) is 5.75. The van der Waals surface area contributed by atoms with Crippen LogP contribution in [-0.2, 0) is 0 Å². The van der Waals surface area contributed by atoms with Crippen LogP contribution in [0.5, 0.6) is 5.75 Å². The van der Waals surface area contributed by atoms with Crippen molar-refractivity contribution in [1.29, 1.82) is 0 Å². The molecule has 2 aromatic rings. The maximum atomic E-state index is 11.1. The molecule has 0 saturated heterocycles. The first-order chi connectivity index (χ1) is 9.08. The molecule has 0 aliphatic carbocycles. The fourth-order valence-electron chi connectivity index (χ4n) is 1.73. The van der Waals surface area contributed by atoms with Gasteiger partial charge in [-0.1, -0.05) is 24.3 Å². The Morgan fingerprint density at radius 1 is 1.11 bits per heavy atom. The third kappa shape index (κ3) is 2.98. The molecule has 0 aliphatic rings. The number of nitrogens with zero attached hydrogens (tertiary/aromatic N) is 1. The number of para-hydroxylation sites is 1. The first kappa shape index (κ1) is 12.8. The average Bonchev–Trinajstić information content (AvgIpc) is 2.39. The number of aromatic carboxylic acids is 1. The standard InChI is InChI=1S/C15H13NO3/c1-10(11-5-4-6-12(17)9-11)16-14-8-3-2-7-13(14)15(18)19/h2-9,17H,1H3,(H,18,19). The maximum Gasteiger partial charge on any atom is 0.337 e. The average molecular weight is 255 g/mol. The van der Waals surface area contributed by atoms with Gasteiger partial charge in [0.05, 0.1) is 11.3 Å². The summed E-state index contributed by atoms with van der Waals surface area (Å²) in [5.74, 6) is -0.860. The van der Waals surface area contributed by atoms with Crippen molar-refractivity contribution in [2.75, 3.05) is 0 Å². The van der Waals surface area contributed by atoms with Crippen molar-refractivity contribution in [3.8, 4) is 5.75 Å². The predicted molar refractivity (Wildman–Crippen MR) is 73.4 cm³/mol. The van der Waals surface area contributed by atoms with Gasteiger partial charge in [-0.05, 0) is 36.8 Å². The molecule has 0 amide bonds. The third-order valence-corrected chi connectivity index (χ3v) is 2.69. The van der Waals surface area contributed by atoms with E-state index in [1.807, 2.05) is 6.07 Å². The zero-order valence-electron chi connectivity index (χ0n) is 10.4. The second kappa shape index (κ2) is 5.35. The van der Waals surface area contributed by atoms with Crippen LogP contribution in [-0.4, -0.2) is 21.9 Å². The summed E-state index contributed by atoms with van der Waals surface area (Å²) in [6.07, 6.45) is 0. The summed E-state index contributed by atoms with van der Waals surface area (Å²) in [6, 6.07) is 13.2. The Hall–Kier alpha value is -2.62. The van der Waals surface area contributed by atoms with Crippen LogP contribution in [0, 0.1) is 0 Å². The van der Waals surface area contributed by atoms with Gasteiger partial charge in [-0.25, -0.2) is 4.79 Å². The van der Waals surface area contributed by atoms with Crippen LogP contribution in [0.2, 0.25) is 0 Å². The highest BCUT2D eigenvalue weighted by molar-refractivity contribution is 6.02. The summed E-state index contributed by atoms with van der Waals surface area (Å²) >= 11 is 0. The Labute approximate surface area is 110 Å². The molecule has 0 bridgehead atoms. The Kier molecular flexibility index (Phi) is 3.61. The van der Waals surface area contributed by atoms with E-state index in [0.717, 1.165) is 5.56 Å². The van der Waals surface area contributed by atoms with E-state index in [1.165, 1.54) is 6.07 Å². The van der Waals surface area contributed by atoms with Crippen LogP contribution in [0.15, 0.2) is 53.5 Å². The normalized spacial score (nSPS) is 11.3. The Morgan fingerprint density at radius 2 is 1.84 bits per heavy atom. The van der Waals surface area contributed by atoms with E-state index in [0.29, 0.717) is 11.4 Å². The molecule has 96 valence electrons. The number of rotatable bonds is 3. The van der Waals surface area contributed by atoms with Crippen molar-refractivity contribution in [1.82, 2.24) is 0 Å². The molecule has 0 fully saturated rings. The molecule has 2 aromatic carbocycles. The number of aromatic hydroxyl groups is 1. The molecule has 19 heavy (non-hydrogen) atoms. The molecule has 2 N–H and O–H groups in total. The summed E-state index contributed by atoms with van der Waals surface area (Å²) in [5.41, 5.74) is 1.95. The number of hydrogen-bond donors (Lipinski definition) is 2. The van der Waals surface area contributed by atoms with Gasteiger partial charge in [0.25, 0.3) is 0 Å². The molecule has 2 rings (SSSR count). The molecule has 0 aromatic heterocycles. The summed E-state index contributed by atoms with van der Waals surface area (Å²) < 4.78 is 0. The fourth-order valence-corrected chi connectivity index (χ4v) is 1.73. The molecule has 0 spiro atoms. The van der Waals surface area contributed by atoms with Crippen LogP contribution >= 0.6 is 0 Å². The van der Waals surface area contributed by atoms with Gasteiger partial charge in [-0.2, -0.15) is 0 Å². The van der Waals surface area contributed by atoms with Crippen molar-refractivity contribution in [3.05, 3.63) is 59.7 Å². The number of phenolic OH excluding ortho intramolecular Hbond substituents is 1. The number of benzene rings is 2. The SMILES string of the molecule is CC(=Nc1ccccc1C(=O)O)c1cccc(O)c1. The second-order valence-corrected chi connectivity index (χ2v) is 4.07. The van der Waals surface area contributed by atoms with E-state index in [1.54, 1.807) is 43.3 Å². The smallest absolute Gasteiger partial charge is 0.337 e. The molecule has 0 unspecified atom stereocenters. The number of hydrogen-bond acceptors (Lipinski definition) is 3. The molecule has 0 saturated carbocycles. The van der Waals surface area contributed by atoms with Gasteiger partial charge >= 0.3 is 5.97 Å². The largest absolute Gasteiger partial charge is 0.508 e. The molecule has 4 heteroatoms. The van der Waals surface area contributed by atoms with Crippen molar-refractivity contribution in [3.63, 3.8) is 0 Å². The lowest BCUT2D eigenvalue weighted by Gasteiger charge is -2.04. The number of phenols is 1. The van der Waals surface area contributed by atoms with Crippen LogP contribution in [0.3, 0.4) is 0 Å². The fraction of sp³-hybridized carbons (Fsp3) is 0.0667. The third-order valence-electron chi connectivity index (χ3n) is 2.69. The van der Waals surface area contributed by atoms with E-state index in [-0.39, 0.29) is 11.3 Å². The Balaban J connectivity index is 2.44. The molecule has 0 radical (unpaired) electrons. The van der Waals surface area contributed by atoms with Gasteiger partial charge in [0.15, 0.2) is 0 Å². The lowest BCUT2D eigenvalue weighted by atomic mass is 10.1. The zero-order chi connectivity index (χ0) is 13.8. The maximum absolute atomic E-state index is 11.1. The molecule has 4 nitrogen and oxygen atoms in total. The van der Waals surface area contributed by atoms with Gasteiger partial charge in [-0.3, -0.25) is 4.99 Å². The monoisotopic (exact) mass is 255 g/mol. The number of carboxylic acids is 1. The van der Waals surface area contributed by atoms with Crippen molar-refractivity contribution in [2.45, 2.75) is 6.92 Å². The first-order valence-electron chi connectivity index (χ1n) is 5.75. The highest BCUT2D eigenvalue weighted by Gasteiger charge is 2.08. The Bertz CT molecular complexity index is 647. The molecule has 0 atom stereocenters. The van der Waals surface area contributed by atoms with E-state index in [9.17, 15) is 9.90 Å². The molecular formula is C15H13NO3. The highest BCUT2D eigenvalue weighted by atomic mass is 16.4. The number of carbonyl (C=O) groups is 1. The van der Waals surface area contributed by atoms with Crippen LogP contribution in [0.25, 0.3) is 0 Å². The summed E-state index contributed by atoms with van der Waals surface area (Å²) in [7, 11) is 0. The predicted octanol–water partition coefficient (Wildman–Crippen LogP) is 3.23. The summed E-state index contributed by atoms with van der Waals surface area (Å²) in [5, 5.41) is 18.5. The zero-order valence-corrected chi connectivity index (χ0v) is 10.4. The minimum Gasteiger partial charge on any atom is -0.508 e. The molecule has 0 aliphatic heterocycles. The number of aliphatic imine (C=N–C) groups is 1. The van der Waals surface area contributed by atoms with Crippen LogP contribution < -0.4 is 0 Å². The van der Waals surface area contributed by atoms with Gasteiger partial charge in [0.1, 0.15) is 5.75 Å². The van der Waals surface area contributed by atoms with Gasteiger partial charge in [0, 0.05) is 5.71 Å². The van der Waals surface area contributed by atoms with Crippen molar-refractivity contribution < 1.29 is 15.0 Å². The van der Waals surface area contributed by atoms with E-state index in [2.05, 4.69) is 4.99 Å². The lowest BCUT2D eigenvalue weighted by molar-refractivity contribution is 0.0698. The van der Waals surface area contributed by atoms with Crippen LogP contribution in [0.4, 0.5) is 5.69 Å². The van der Waals surface area contributed by atoms with E-state index < -0.39 is 5.97 Å². The second-order valence-electron chi connectivity index (χ2n) is 4.07. The number of carboxylic acid groups (broad SMARTS) is 1. The van der Waals surface area contributed by atoms with Gasteiger partial charge in [-0.15, -0.1) is 0 Å². The summed E-state index contributed by atoms with van der Waals surface area (Å²) in [4.78, 5) is 15.4. The van der Waals surface area contributed by atoms with E-state index in [4.69, 9.17) is 5.11 Å². The van der Waals surface area contributed by atoms with Crippen molar-refractivity contribution in [2.24, 2.45) is 4.99 Å². The van der Waals surface area contributed by atoms with Crippen molar-refractivity contribution >= 4 is 17.4 Å². The quantitative estimate of drug-likeness (QED) is 0.827. The Morgan fingerprint density at radius 3 is 2.53 bits per heavy atom. The van der Waals surface area contributed by atoms with Gasteiger partial charge < -0.3 is 10.2 Å². The minimum absolute atomic E-state index is 0.151. The topological polar surface area (TPSA) is 69.9 Å². The van der Waals surface area contributed by atoms with Crippen LogP contribution in [0.1, 0.15) is 22.8 Å². The minimum atomic E-state index is -1.01. The highest BCUT2D eigenvalue weighted by Crippen LogP contribution is 2.21. The molecular weight excluding hydrogens is 242 g/mol. The summed E-state index contributed by atoms with van der Waals surface area (Å²) in [6.45, 7) is 1.77. The van der Waals surface area contributed by atoms with Gasteiger partial charge in [0.2, 0.25) is 0 Å². The lowest BCUT2D eigenvalue weighted by Crippen LogP contribution is -1.98. The van der Waals surface area contributed by atoms with E-state index >= 15 is 0 Å². The molecule has 0 heterocycles.